The zero-order valence-corrected chi connectivity index (χ0v) is 16.6. The van der Waals surface area contributed by atoms with E-state index in [9.17, 15) is 0 Å². The average molecular weight is 348 g/mol. The summed E-state index contributed by atoms with van der Waals surface area (Å²) in [6.07, 6.45) is 13.6. The summed E-state index contributed by atoms with van der Waals surface area (Å²) in [5.74, 6) is 2.90. The molecule has 130 valence electrons. The van der Waals surface area contributed by atoms with Crippen LogP contribution in [0.15, 0.2) is 0 Å². The molecule has 2 saturated carbocycles. The lowest BCUT2D eigenvalue weighted by atomic mass is 9.79. The number of rotatable bonds is 9. The molecule has 2 aliphatic rings. The Morgan fingerprint density at radius 2 is 1.95 bits per heavy atom. The van der Waals surface area contributed by atoms with Crippen LogP contribution >= 0.6 is 18.9 Å². The highest BCUT2D eigenvalue weighted by atomic mass is 31.0. The van der Waals surface area contributed by atoms with Crippen molar-refractivity contribution in [2.24, 2.45) is 23.7 Å². The van der Waals surface area contributed by atoms with Gasteiger partial charge in [0.15, 0.2) is 0 Å². The van der Waals surface area contributed by atoms with Crippen LogP contribution in [-0.4, -0.2) is 13.5 Å². The molecule has 0 saturated heterocycles. The summed E-state index contributed by atoms with van der Waals surface area (Å²) < 4.78 is 19.1. The first-order chi connectivity index (χ1) is 11.2. The van der Waals surface area contributed by atoms with Crippen molar-refractivity contribution in [2.75, 3.05) is 0 Å². The van der Waals surface area contributed by atoms with Gasteiger partial charge in [-0.15, -0.1) is 0 Å². The van der Waals surface area contributed by atoms with Crippen molar-refractivity contribution in [3.63, 3.8) is 0 Å². The first-order valence-electron chi connectivity index (χ1n) is 9.89. The van der Waals surface area contributed by atoms with Crippen molar-refractivity contribution in [2.45, 2.75) is 90.3 Å². The van der Waals surface area contributed by atoms with Gasteiger partial charge in [-0.05, 0) is 55.8 Å². The summed E-state index contributed by atoms with van der Waals surface area (Å²) in [6, 6.07) is 0. The molecule has 22 heavy (non-hydrogen) atoms. The Morgan fingerprint density at radius 1 is 1.18 bits per heavy atom. The first kappa shape index (κ1) is 17.6. The van der Waals surface area contributed by atoms with E-state index < -0.39 is 0 Å². The van der Waals surface area contributed by atoms with Crippen LogP contribution < -0.4 is 0 Å². The van der Waals surface area contributed by atoms with Crippen molar-refractivity contribution >= 4 is 18.9 Å². The van der Waals surface area contributed by atoms with Crippen LogP contribution in [0.1, 0.15) is 78.1 Å². The maximum Gasteiger partial charge on any atom is 0.0851 e. The molecule has 2 rings (SSSR count). The monoisotopic (exact) mass is 348 g/mol. The number of hydrogen-bond donors (Lipinski definition) is 0. The zero-order valence-electron chi connectivity index (χ0n) is 15.4. The number of hydrogen-bond acceptors (Lipinski definition) is 2. The molecule has 0 heterocycles. The Balaban J connectivity index is 1.92. The molecule has 0 aromatic heterocycles. The lowest BCUT2D eigenvalue weighted by Gasteiger charge is -2.31. The van der Waals surface area contributed by atoms with Gasteiger partial charge in [0.25, 0.3) is 0 Å². The molecular weight excluding hydrogens is 310 g/mol. The molecule has 4 heteroatoms. The molecule has 0 aromatic carbocycles. The maximum atomic E-state index is 7.48. The summed E-state index contributed by atoms with van der Waals surface area (Å²) in [6.45, 7) is 4.68. The van der Waals surface area contributed by atoms with Crippen molar-refractivity contribution in [1.82, 2.24) is 0 Å². The Bertz CT molecular complexity index is 326. The van der Waals surface area contributed by atoms with Gasteiger partial charge in [0.2, 0.25) is 0 Å². The summed E-state index contributed by atoms with van der Waals surface area (Å²) in [5, 5.41) is 0. The zero-order chi connectivity index (χ0) is 16.7. The van der Waals surface area contributed by atoms with Crippen molar-refractivity contribution in [1.29, 1.82) is 1.28 Å². The van der Waals surface area contributed by atoms with E-state index in [0.717, 1.165) is 30.6 Å². The second kappa shape index (κ2) is 9.93. The lowest BCUT2D eigenvalue weighted by Crippen LogP contribution is -2.27. The van der Waals surface area contributed by atoms with E-state index in [-0.39, 0.29) is 9.41 Å². The minimum atomic E-state index is -0.122. The highest BCUT2D eigenvalue weighted by Gasteiger charge is 2.40. The van der Waals surface area contributed by atoms with E-state index in [1.54, 1.807) is 0 Å². The van der Waals surface area contributed by atoms with Gasteiger partial charge in [-0.3, -0.25) is 0 Å². The van der Waals surface area contributed by atoms with Gasteiger partial charge in [-0.1, -0.05) is 46.0 Å². The summed E-state index contributed by atoms with van der Waals surface area (Å²) in [7, 11) is 2.40. The third kappa shape index (κ3) is 4.89. The third-order valence-electron chi connectivity index (χ3n) is 6.27. The summed E-state index contributed by atoms with van der Waals surface area (Å²) in [4.78, 5) is 0. The Hall–Kier alpha value is 0.780. The predicted molar refractivity (Wildman–Crippen MR) is 101 cm³/mol. The predicted octanol–water partition coefficient (Wildman–Crippen LogP) is 5.77. The van der Waals surface area contributed by atoms with Gasteiger partial charge in [0.05, 0.1) is 13.5 Å². The Kier molecular flexibility index (Phi) is 7.94. The molecule has 0 radical (unpaired) electrons. The minimum absolute atomic E-state index is 0.122. The van der Waals surface area contributed by atoms with E-state index >= 15 is 0 Å². The van der Waals surface area contributed by atoms with Crippen molar-refractivity contribution < 1.29 is 9.05 Å². The smallest absolute Gasteiger partial charge is 0.0851 e. The maximum absolute atomic E-state index is 7.48. The second-order valence-corrected chi connectivity index (χ2v) is 8.14. The first-order valence-corrected chi connectivity index (χ1v) is 10.3. The molecule has 0 amide bonds. The summed E-state index contributed by atoms with van der Waals surface area (Å²) >= 11 is 0. The van der Waals surface area contributed by atoms with Crippen LogP contribution in [0.2, 0.25) is 0 Å². The van der Waals surface area contributed by atoms with E-state index in [1.165, 1.54) is 51.4 Å². The average Bonchev–Trinajstić information content (AvgIpc) is 2.85. The van der Waals surface area contributed by atoms with Crippen LogP contribution in [0.3, 0.4) is 0 Å². The standard InChI is InChI=1S/C18H36O2P2/c1-3-7-15-13(2)12-18(20-22)16(15)10-11-17(19-21)14-8-5-4-6-9-14/h13-18H,3-12,21-22H2,1-2H3/t13-,15-,16+,17+,18+/m0/s1/i22T/t13-,15-,16+,17+,18+,22?. The highest BCUT2D eigenvalue weighted by Crippen LogP contribution is 2.45. The Labute approximate surface area is 143 Å². The van der Waals surface area contributed by atoms with Gasteiger partial charge in [-0.25, -0.2) is 0 Å². The van der Waals surface area contributed by atoms with E-state index in [4.69, 9.17) is 10.3 Å². The minimum Gasteiger partial charge on any atom is -0.362 e. The molecule has 0 bridgehead atoms. The van der Waals surface area contributed by atoms with Crippen LogP contribution in [0, 0.1) is 23.7 Å². The van der Waals surface area contributed by atoms with Gasteiger partial charge >= 0.3 is 0 Å². The van der Waals surface area contributed by atoms with Gasteiger partial charge in [0.1, 0.15) is 0 Å². The largest absolute Gasteiger partial charge is 0.362 e. The van der Waals surface area contributed by atoms with E-state index in [1.807, 2.05) is 0 Å². The van der Waals surface area contributed by atoms with E-state index in [0.29, 0.717) is 18.1 Å². The van der Waals surface area contributed by atoms with Crippen LogP contribution in [0.5, 0.6) is 0 Å². The fourth-order valence-electron chi connectivity index (χ4n) is 5.06. The van der Waals surface area contributed by atoms with Crippen LogP contribution in [-0.2, 0) is 9.05 Å². The Morgan fingerprint density at radius 3 is 2.59 bits per heavy atom. The SMILES string of the molecule is [3H]PO[C@@H]1C[C@H](C)[C@H](CCC)[C@H]1CC[C@@H](OP)C1CCCCC1. The fourth-order valence-corrected chi connectivity index (χ4v) is 5.69. The topological polar surface area (TPSA) is 18.5 Å². The molecule has 2 unspecified atom stereocenters. The van der Waals surface area contributed by atoms with Crippen molar-refractivity contribution in [3.8, 4) is 0 Å². The molecule has 2 fully saturated rings. The van der Waals surface area contributed by atoms with Gasteiger partial charge in [-0.2, -0.15) is 0 Å². The quantitative estimate of drug-likeness (QED) is 0.493. The second-order valence-electron chi connectivity index (χ2n) is 7.64. The molecule has 0 aliphatic heterocycles. The summed E-state index contributed by atoms with van der Waals surface area (Å²) in [5.41, 5.74) is 0. The third-order valence-corrected chi connectivity index (χ3v) is 6.92. The van der Waals surface area contributed by atoms with Gasteiger partial charge < -0.3 is 9.05 Å². The highest BCUT2D eigenvalue weighted by molar-refractivity contribution is 7.10. The van der Waals surface area contributed by atoms with Crippen molar-refractivity contribution in [3.05, 3.63) is 0 Å². The normalized spacial score (nSPS) is 36.0. The lowest BCUT2D eigenvalue weighted by molar-refractivity contribution is 0.0919. The molecular formula is C18H36O2P2. The molecule has 0 N–H and O–H groups in total. The van der Waals surface area contributed by atoms with Gasteiger partial charge in [0, 0.05) is 18.9 Å². The fraction of sp³-hybridized carbons (Fsp3) is 1.00. The molecule has 2 aliphatic carbocycles. The molecule has 7 atom stereocenters. The van der Waals surface area contributed by atoms with E-state index in [2.05, 4.69) is 23.3 Å². The molecule has 0 spiro atoms. The van der Waals surface area contributed by atoms with Crippen LogP contribution in [0.25, 0.3) is 0 Å². The molecule has 2 nitrogen and oxygen atoms in total. The molecule has 0 aromatic rings. The van der Waals surface area contributed by atoms with Crippen LogP contribution in [0.4, 0.5) is 0 Å².